The molecule has 1 unspecified atom stereocenters. The summed E-state index contributed by atoms with van der Waals surface area (Å²) < 4.78 is 57.9. The molecule has 0 amide bonds. The Morgan fingerprint density at radius 2 is 1.51 bits per heavy atom. The Labute approximate surface area is 322 Å². The molecule has 286 valence electrons. The van der Waals surface area contributed by atoms with Gasteiger partial charge in [0.05, 0.1) is 44.9 Å². The minimum Gasteiger partial charge on any atom is -0.497 e. The van der Waals surface area contributed by atoms with E-state index in [-0.39, 0.29) is 42.4 Å². The van der Waals surface area contributed by atoms with E-state index in [0.717, 1.165) is 16.7 Å². The second-order valence-electron chi connectivity index (χ2n) is 12.5. The van der Waals surface area contributed by atoms with Crippen LogP contribution in [0.1, 0.15) is 41.3 Å². The Hall–Kier alpha value is -5.19. The number of phosphoric acid groups is 1. The lowest BCUT2D eigenvalue weighted by Crippen LogP contribution is -2.38. The van der Waals surface area contributed by atoms with Crippen LogP contribution in [-0.2, 0) is 28.7 Å². The largest absolute Gasteiger partial charge is 0.530 e. The van der Waals surface area contributed by atoms with Crippen LogP contribution < -0.4 is 25.2 Å². The van der Waals surface area contributed by atoms with E-state index >= 15 is 0 Å². The predicted octanol–water partition coefficient (Wildman–Crippen LogP) is 7.31. The minimum atomic E-state index is -4.53. The number of hydrogen-bond donors (Lipinski definition) is 1. The summed E-state index contributed by atoms with van der Waals surface area (Å²) in [6.07, 6.45) is -1.85. The Morgan fingerprint density at radius 1 is 0.909 bits per heavy atom. The molecule has 0 aliphatic carbocycles. The first kappa shape index (κ1) is 39.5. The summed E-state index contributed by atoms with van der Waals surface area (Å²) in [7, 11) is -1.36. The van der Waals surface area contributed by atoms with E-state index in [9.17, 15) is 19.4 Å². The Bertz CT molecular complexity index is 2230. The Balaban J connectivity index is 1.44. The molecular weight excluding hydrogens is 749 g/mol. The first-order valence-electron chi connectivity index (χ1n) is 17.3. The van der Waals surface area contributed by atoms with Crippen molar-refractivity contribution in [3.63, 3.8) is 0 Å². The number of nitrogens with one attached hydrogen (secondary N) is 1. The van der Waals surface area contributed by atoms with Gasteiger partial charge < -0.3 is 23.5 Å². The lowest BCUT2D eigenvalue weighted by Gasteiger charge is -2.37. The highest BCUT2D eigenvalue weighted by Gasteiger charge is 2.46. The van der Waals surface area contributed by atoms with Gasteiger partial charge in [0.25, 0.3) is 5.56 Å². The zero-order valence-electron chi connectivity index (χ0n) is 30.3. The molecule has 4 aromatic carbocycles. The topological polar surface area (TPSA) is 160 Å². The van der Waals surface area contributed by atoms with Crippen molar-refractivity contribution in [2.75, 3.05) is 27.4 Å². The number of nitriles is 1. The van der Waals surface area contributed by atoms with Crippen molar-refractivity contribution in [2.24, 2.45) is 0 Å². The summed E-state index contributed by atoms with van der Waals surface area (Å²) in [4.78, 5) is 27.7. The Morgan fingerprint density at radius 3 is 2.11 bits per heavy atom. The standard InChI is InChI=1S/C40H39ClN3O10P/c1-27-25-44(39(46)43-38(27)45)37-24-35(54-55(47,51-23-9-22-42)53-34-13-8-7-12-33(34)41)36(52-37)26-50-40(28-10-5-4-6-11-28,29-14-18-31(48-2)19-15-29)30-16-20-32(49-3)21-17-30/h4-8,10-21,25,35-37H,9,23-24,26H2,1-3H3,(H,43,45,46)/t35-,36+,37+,55?/m0/s1. The lowest BCUT2D eigenvalue weighted by atomic mass is 9.80. The van der Waals surface area contributed by atoms with Gasteiger partial charge in [0.1, 0.15) is 41.3 Å². The van der Waals surface area contributed by atoms with E-state index in [4.69, 9.17) is 44.1 Å². The van der Waals surface area contributed by atoms with Crippen LogP contribution in [0.2, 0.25) is 5.02 Å². The molecule has 13 nitrogen and oxygen atoms in total. The SMILES string of the molecule is COc1ccc(C(OC[C@H]2O[C@@H](n3cc(C)c(=O)[nH]c3=O)C[C@@H]2OP(=O)(OCCC#N)Oc2ccccc2Cl)(c2ccccc2)c2ccc(OC)cc2)cc1. The van der Waals surface area contributed by atoms with E-state index in [0.29, 0.717) is 11.5 Å². The lowest BCUT2D eigenvalue weighted by molar-refractivity contribution is -0.0937. The molecule has 0 bridgehead atoms. The monoisotopic (exact) mass is 787 g/mol. The molecule has 1 aliphatic heterocycles. The van der Waals surface area contributed by atoms with Crippen LogP contribution >= 0.6 is 19.4 Å². The van der Waals surface area contributed by atoms with Crippen molar-refractivity contribution in [1.82, 2.24) is 9.55 Å². The van der Waals surface area contributed by atoms with Crippen LogP contribution in [0.5, 0.6) is 17.2 Å². The fourth-order valence-corrected chi connectivity index (χ4v) is 7.95. The molecule has 15 heteroatoms. The zero-order valence-corrected chi connectivity index (χ0v) is 31.9. The number of aromatic nitrogens is 2. The number of hydrogen-bond acceptors (Lipinski definition) is 11. The number of ether oxygens (including phenoxy) is 4. The minimum absolute atomic E-state index is 0.0299. The molecule has 1 fully saturated rings. The molecule has 1 aromatic heterocycles. The van der Waals surface area contributed by atoms with E-state index < -0.39 is 43.1 Å². The van der Waals surface area contributed by atoms with Gasteiger partial charge in [-0.05, 0) is 60.0 Å². The molecule has 0 saturated carbocycles. The van der Waals surface area contributed by atoms with Crippen LogP contribution in [0.25, 0.3) is 0 Å². The summed E-state index contributed by atoms with van der Waals surface area (Å²) in [6.45, 7) is 1.10. The van der Waals surface area contributed by atoms with Crippen molar-refractivity contribution in [2.45, 2.75) is 43.8 Å². The third-order valence-corrected chi connectivity index (χ3v) is 10.8. The van der Waals surface area contributed by atoms with E-state index in [1.54, 1.807) is 39.3 Å². The first-order chi connectivity index (χ1) is 26.6. The maximum Gasteiger partial charge on any atom is 0.530 e. The second kappa shape index (κ2) is 17.5. The van der Waals surface area contributed by atoms with Gasteiger partial charge in [0.15, 0.2) is 0 Å². The molecule has 2 heterocycles. The molecule has 1 aliphatic rings. The number of nitrogens with zero attached hydrogens (tertiary/aromatic N) is 2. The molecule has 0 radical (unpaired) electrons. The molecule has 5 aromatic rings. The molecule has 55 heavy (non-hydrogen) atoms. The number of H-pyrrole nitrogens is 1. The number of para-hydroxylation sites is 1. The van der Waals surface area contributed by atoms with Crippen LogP contribution in [0, 0.1) is 18.3 Å². The van der Waals surface area contributed by atoms with Crippen LogP contribution in [-0.4, -0.2) is 49.2 Å². The van der Waals surface area contributed by atoms with Crippen LogP contribution in [0.15, 0.2) is 119 Å². The summed E-state index contributed by atoms with van der Waals surface area (Å²) in [5.41, 5.74) is 0.0258. The fourth-order valence-electron chi connectivity index (χ4n) is 6.30. The second-order valence-corrected chi connectivity index (χ2v) is 14.5. The molecule has 1 N–H and O–H groups in total. The van der Waals surface area contributed by atoms with Crippen molar-refractivity contribution < 1.29 is 37.1 Å². The number of aryl methyl sites for hydroxylation is 1. The number of phosphoric ester groups is 1. The average molecular weight is 788 g/mol. The fraction of sp³-hybridized carbons (Fsp3) is 0.275. The van der Waals surface area contributed by atoms with Gasteiger partial charge in [-0.3, -0.25) is 23.4 Å². The maximum atomic E-state index is 14.4. The number of aromatic amines is 1. The molecule has 0 spiro atoms. The van der Waals surface area contributed by atoms with Gasteiger partial charge in [-0.25, -0.2) is 9.36 Å². The third-order valence-electron chi connectivity index (χ3n) is 9.05. The maximum absolute atomic E-state index is 14.4. The van der Waals surface area contributed by atoms with Gasteiger partial charge in [-0.15, -0.1) is 0 Å². The highest BCUT2D eigenvalue weighted by atomic mass is 35.5. The smallest absolute Gasteiger partial charge is 0.497 e. The van der Waals surface area contributed by atoms with Crippen LogP contribution in [0.4, 0.5) is 0 Å². The van der Waals surface area contributed by atoms with E-state index in [2.05, 4.69) is 4.98 Å². The van der Waals surface area contributed by atoms with Crippen molar-refractivity contribution >= 4 is 19.4 Å². The van der Waals surface area contributed by atoms with Gasteiger partial charge >= 0.3 is 13.5 Å². The number of methoxy groups -OCH3 is 2. The van der Waals surface area contributed by atoms with Gasteiger partial charge in [0.2, 0.25) is 0 Å². The number of benzene rings is 4. The number of halogens is 1. The molecule has 1 saturated heterocycles. The Kier molecular flexibility index (Phi) is 12.6. The quantitative estimate of drug-likeness (QED) is 0.0607. The van der Waals surface area contributed by atoms with E-state index in [1.165, 1.54) is 16.8 Å². The third kappa shape index (κ3) is 8.87. The summed E-state index contributed by atoms with van der Waals surface area (Å²) in [5.74, 6) is 1.31. The van der Waals surface area contributed by atoms with Crippen molar-refractivity contribution in [3.8, 4) is 23.3 Å². The molecular formula is C40H39ClN3O10P. The van der Waals surface area contributed by atoms with Gasteiger partial charge in [-0.1, -0.05) is 78.3 Å². The normalized spacial score (nSPS) is 17.9. The zero-order chi connectivity index (χ0) is 39.0. The van der Waals surface area contributed by atoms with Crippen molar-refractivity contribution in [3.05, 3.63) is 157 Å². The number of rotatable bonds is 16. The van der Waals surface area contributed by atoms with Gasteiger partial charge in [0, 0.05) is 18.2 Å². The summed E-state index contributed by atoms with van der Waals surface area (Å²) in [6, 6.07) is 32.8. The highest BCUT2D eigenvalue weighted by Crippen LogP contribution is 2.54. The first-order valence-corrected chi connectivity index (χ1v) is 19.1. The average Bonchev–Trinajstić information content (AvgIpc) is 3.59. The summed E-state index contributed by atoms with van der Waals surface area (Å²) in [5, 5.41) is 9.36. The predicted molar refractivity (Wildman–Crippen MR) is 204 cm³/mol. The van der Waals surface area contributed by atoms with Crippen LogP contribution in [0.3, 0.4) is 0 Å². The molecule has 6 rings (SSSR count). The van der Waals surface area contributed by atoms with E-state index in [1.807, 2.05) is 84.9 Å². The molecule has 4 atom stereocenters. The van der Waals surface area contributed by atoms with Crippen molar-refractivity contribution in [1.29, 1.82) is 5.26 Å². The highest BCUT2D eigenvalue weighted by molar-refractivity contribution is 7.49. The van der Waals surface area contributed by atoms with Gasteiger partial charge in [-0.2, -0.15) is 5.26 Å². The summed E-state index contributed by atoms with van der Waals surface area (Å²) >= 11 is 6.36.